The second-order valence-electron chi connectivity index (χ2n) is 4.87. The number of nitrogens with one attached hydrogen (secondary N) is 1. The maximum atomic E-state index is 11.5. The monoisotopic (exact) mass is 324 g/mol. The number of hydrogen-bond acceptors (Lipinski definition) is 4. The topological polar surface area (TPSA) is 59.8 Å². The van der Waals surface area contributed by atoms with E-state index >= 15 is 0 Å². The predicted octanol–water partition coefficient (Wildman–Crippen LogP) is 2.92. The average Bonchev–Trinajstić information content (AvgIpc) is 3.22. The molecular formula is C17H16N4OS. The van der Waals surface area contributed by atoms with Crippen LogP contribution in [0.1, 0.15) is 26.1 Å². The minimum Gasteiger partial charge on any atom is -0.354 e. The molecule has 2 aromatic heterocycles. The molecule has 0 saturated carbocycles. The number of thiazole rings is 1. The smallest absolute Gasteiger partial charge is 0.262 e. The summed E-state index contributed by atoms with van der Waals surface area (Å²) in [5.41, 5.74) is 1.22. The standard InChI is InChI=1S/C17H16N4OS/c1-18-17(22)14-11-20-16(23-14)8-7-15-19-9-10-21(15)12-13-5-3-2-4-6-13/h2-11H,12H2,1H3,(H,18,22). The fourth-order valence-corrected chi connectivity index (χ4v) is 2.90. The normalized spacial score (nSPS) is 11.0. The summed E-state index contributed by atoms with van der Waals surface area (Å²) in [6.07, 6.45) is 9.10. The van der Waals surface area contributed by atoms with Crippen LogP contribution in [0.2, 0.25) is 0 Å². The van der Waals surface area contributed by atoms with Crippen molar-refractivity contribution in [3.05, 3.63) is 70.2 Å². The molecule has 0 atom stereocenters. The van der Waals surface area contributed by atoms with E-state index in [9.17, 15) is 4.79 Å². The van der Waals surface area contributed by atoms with Crippen LogP contribution in [0, 0.1) is 0 Å². The van der Waals surface area contributed by atoms with Gasteiger partial charge in [0.2, 0.25) is 0 Å². The molecule has 2 heterocycles. The van der Waals surface area contributed by atoms with Gasteiger partial charge in [0.25, 0.3) is 5.91 Å². The summed E-state index contributed by atoms with van der Waals surface area (Å²) in [4.78, 5) is 20.7. The Hall–Kier alpha value is -2.73. The molecule has 3 aromatic rings. The third-order valence-electron chi connectivity index (χ3n) is 3.29. The van der Waals surface area contributed by atoms with Crippen molar-refractivity contribution in [2.75, 3.05) is 7.05 Å². The van der Waals surface area contributed by atoms with Crippen LogP contribution in [0.4, 0.5) is 0 Å². The quantitative estimate of drug-likeness (QED) is 0.785. The second kappa shape index (κ2) is 7.02. The zero-order valence-corrected chi connectivity index (χ0v) is 13.5. The van der Waals surface area contributed by atoms with Gasteiger partial charge in [0.1, 0.15) is 15.7 Å². The average molecular weight is 324 g/mol. The highest BCUT2D eigenvalue weighted by Gasteiger charge is 2.07. The molecule has 1 N–H and O–H groups in total. The Labute approximate surface area is 138 Å². The molecule has 0 radical (unpaired) electrons. The van der Waals surface area contributed by atoms with Gasteiger partial charge < -0.3 is 9.88 Å². The van der Waals surface area contributed by atoms with Crippen LogP contribution in [0.3, 0.4) is 0 Å². The zero-order chi connectivity index (χ0) is 16.1. The van der Waals surface area contributed by atoms with Crippen LogP contribution in [0.5, 0.6) is 0 Å². The summed E-state index contributed by atoms with van der Waals surface area (Å²) in [5.74, 6) is 0.735. The number of imidazole rings is 1. The number of benzene rings is 1. The lowest BCUT2D eigenvalue weighted by molar-refractivity contribution is 0.0967. The predicted molar refractivity (Wildman–Crippen MR) is 92.2 cm³/mol. The van der Waals surface area contributed by atoms with Crippen molar-refractivity contribution in [2.24, 2.45) is 0 Å². The van der Waals surface area contributed by atoms with Crippen molar-refractivity contribution in [1.82, 2.24) is 19.9 Å². The van der Waals surface area contributed by atoms with Crippen molar-refractivity contribution < 1.29 is 4.79 Å². The molecule has 0 aliphatic heterocycles. The second-order valence-corrected chi connectivity index (χ2v) is 5.94. The molecule has 0 fully saturated rings. The van der Waals surface area contributed by atoms with Gasteiger partial charge in [0, 0.05) is 26.0 Å². The van der Waals surface area contributed by atoms with Gasteiger partial charge >= 0.3 is 0 Å². The third-order valence-corrected chi connectivity index (χ3v) is 4.25. The zero-order valence-electron chi connectivity index (χ0n) is 12.6. The van der Waals surface area contributed by atoms with E-state index in [1.54, 1.807) is 19.4 Å². The molecule has 0 aliphatic carbocycles. The van der Waals surface area contributed by atoms with E-state index in [1.807, 2.05) is 36.5 Å². The lowest BCUT2D eigenvalue weighted by Gasteiger charge is -2.04. The highest BCUT2D eigenvalue weighted by atomic mass is 32.1. The first-order chi connectivity index (χ1) is 11.3. The fourth-order valence-electron chi connectivity index (χ4n) is 2.13. The minimum absolute atomic E-state index is 0.118. The third kappa shape index (κ3) is 3.73. The molecule has 1 aromatic carbocycles. The summed E-state index contributed by atoms with van der Waals surface area (Å²) in [6, 6.07) is 10.2. The Balaban J connectivity index is 1.74. The van der Waals surface area contributed by atoms with Gasteiger partial charge in [0.05, 0.1) is 6.20 Å². The van der Waals surface area contributed by atoms with Crippen molar-refractivity contribution in [2.45, 2.75) is 6.54 Å². The van der Waals surface area contributed by atoms with Crippen molar-refractivity contribution in [1.29, 1.82) is 0 Å². The number of rotatable bonds is 5. The summed E-state index contributed by atoms with van der Waals surface area (Å²) < 4.78 is 2.07. The van der Waals surface area contributed by atoms with Gasteiger partial charge in [0.15, 0.2) is 0 Å². The lowest BCUT2D eigenvalue weighted by Crippen LogP contribution is -2.16. The first-order valence-corrected chi connectivity index (χ1v) is 7.99. The SMILES string of the molecule is CNC(=O)c1cnc(C=Cc2nccn2Cc2ccccc2)s1. The Morgan fingerprint density at radius 1 is 1.26 bits per heavy atom. The number of carbonyl (C=O) groups is 1. The van der Waals surface area contributed by atoms with Gasteiger partial charge in [-0.25, -0.2) is 9.97 Å². The van der Waals surface area contributed by atoms with Gasteiger partial charge in [-0.1, -0.05) is 30.3 Å². The first-order valence-electron chi connectivity index (χ1n) is 7.17. The van der Waals surface area contributed by atoms with E-state index in [2.05, 4.69) is 32.0 Å². The van der Waals surface area contributed by atoms with E-state index in [4.69, 9.17) is 0 Å². The van der Waals surface area contributed by atoms with Crippen molar-refractivity contribution in [3.63, 3.8) is 0 Å². The molecule has 0 saturated heterocycles. The molecule has 1 amide bonds. The van der Waals surface area contributed by atoms with E-state index in [-0.39, 0.29) is 5.91 Å². The molecule has 3 rings (SSSR count). The largest absolute Gasteiger partial charge is 0.354 e. The van der Waals surface area contributed by atoms with Gasteiger partial charge in [-0.15, -0.1) is 11.3 Å². The molecular weight excluding hydrogens is 308 g/mol. The summed E-state index contributed by atoms with van der Waals surface area (Å²) in [6.45, 7) is 0.766. The lowest BCUT2D eigenvalue weighted by atomic mass is 10.2. The maximum absolute atomic E-state index is 11.5. The number of hydrogen-bond donors (Lipinski definition) is 1. The molecule has 0 unspecified atom stereocenters. The van der Waals surface area contributed by atoms with Gasteiger partial charge in [-0.2, -0.15) is 0 Å². The number of carbonyl (C=O) groups excluding carboxylic acids is 1. The highest BCUT2D eigenvalue weighted by Crippen LogP contribution is 2.16. The summed E-state index contributed by atoms with van der Waals surface area (Å²) >= 11 is 1.35. The molecule has 0 bridgehead atoms. The summed E-state index contributed by atoms with van der Waals surface area (Å²) in [7, 11) is 1.61. The molecule has 6 heteroatoms. The van der Waals surface area contributed by atoms with Gasteiger partial charge in [-0.05, 0) is 17.7 Å². The Kier molecular flexibility index (Phi) is 4.63. The van der Waals surface area contributed by atoms with Crippen LogP contribution in [0.25, 0.3) is 12.2 Å². The molecule has 0 spiro atoms. The molecule has 116 valence electrons. The summed E-state index contributed by atoms with van der Waals surface area (Å²) in [5, 5.41) is 3.37. The first kappa shape index (κ1) is 15.2. The van der Waals surface area contributed by atoms with Crippen LogP contribution in [-0.2, 0) is 6.54 Å². The van der Waals surface area contributed by atoms with E-state index < -0.39 is 0 Å². The Morgan fingerprint density at radius 2 is 2.09 bits per heavy atom. The molecule has 23 heavy (non-hydrogen) atoms. The maximum Gasteiger partial charge on any atom is 0.262 e. The molecule has 5 nitrogen and oxygen atoms in total. The van der Waals surface area contributed by atoms with Crippen LogP contribution < -0.4 is 5.32 Å². The minimum atomic E-state index is -0.118. The van der Waals surface area contributed by atoms with E-state index in [0.29, 0.717) is 4.88 Å². The van der Waals surface area contributed by atoms with E-state index in [1.165, 1.54) is 16.9 Å². The van der Waals surface area contributed by atoms with Crippen molar-refractivity contribution in [3.8, 4) is 0 Å². The Bertz CT molecular complexity index is 820. The number of amides is 1. The van der Waals surface area contributed by atoms with Crippen LogP contribution >= 0.6 is 11.3 Å². The molecule has 0 aliphatic rings. The van der Waals surface area contributed by atoms with Crippen LogP contribution in [-0.4, -0.2) is 27.5 Å². The van der Waals surface area contributed by atoms with Crippen LogP contribution in [0.15, 0.2) is 48.9 Å². The number of nitrogens with zero attached hydrogens (tertiary/aromatic N) is 3. The van der Waals surface area contributed by atoms with Gasteiger partial charge in [-0.3, -0.25) is 4.79 Å². The van der Waals surface area contributed by atoms with Crippen molar-refractivity contribution >= 4 is 29.4 Å². The highest BCUT2D eigenvalue weighted by molar-refractivity contribution is 7.14. The van der Waals surface area contributed by atoms with E-state index in [0.717, 1.165) is 17.4 Å². The fraction of sp³-hybridized carbons (Fsp3) is 0.118. The Morgan fingerprint density at radius 3 is 2.87 bits per heavy atom. The number of aromatic nitrogens is 3.